The van der Waals surface area contributed by atoms with Gasteiger partial charge in [-0.3, -0.25) is 4.79 Å². The van der Waals surface area contributed by atoms with Gasteiger partial charge in [-0.2, -0.15) is 0 Å². The molecule has 0 heterocycles. The van der Waals surface area contributed by atoms with Crippen LogP contribution in [0.1, 0.15) is 27.2 Å². The molecule has 2 N–H and O–H groups in total. The molecule has 0 spiro atoms. The lowest BCUT2D eigenvalue weighted by Gasteiger charge is -2.28. The van der Waals surface area contributed by atoms with Crippen LogP contribution in [-0.4, -0.2) is 30.4 Å². The van der Waals surface area contributed by atoms with Crippen LogP contribution in [-0.2, 0) is 4.79 Å². The van der Waals surface area contributed by atoms with Gasteiger partial charge in [0.2, 0.25) is 5.91 Å². The van der Waals surface area contributed by atoms with Crippen molar-refractivity contribution in [2.75, 3.05) is 13.6 Å². The van der Waals surface area contributed by atoms with Crippen LogP contribution in [0.25, 0.3) is 0 Å². The number of likely N-dealkylation sites (N-methyl/N-ethyl adjacent to an activating group) is 1. The summed E-state index contributed by atoms with van der Waals surface area (Å²) in [5.74, 6) is 2.31. The lowest BCUT2D eigenvalue weighted by Crippen LogP contribution is -2.44. The number of amides is 1. The van der Waals surface area contributed by atoms with Gasteiger partial charge in [0.15, 0.2) is 0 Å². The van der Waals surface area contributed by atoms with Crippen molar-refractivity contribution in [1.82, 2.24) is 4.90 Å². The normalized spacial score (nSPS) is 13.1. The second kappa shape index (κ2) is 5.02. The van der Waals surface area contributed by atoms with Gasteiger partial charge < -0.3 is 10.6 Å². The zero-order valence-electron chi connectivity index (χ0n) is 9.50. The first-order valence-corrected chi connectivity index (χ1v) is 4.72. The number of nitrogens with zero attached hydrogens (tertiary/aromatic N) is 1. The highest BCUT2D eigenvalue weighted by molar-refractivity contribution is 5.81. The molecular formula is C11H20N2O. The van der Waals surface area contributed by atoms with Gasteiger partial charge in [0.25, 0.3) is 0 Å². The van der Waals surface area contributed by atoms with Crippen molar-refractivity contribution in [3.63, 3.8) is 0 Å². The largest absolute Gasteiger partial charge is 0.344 e. The predicted molar refractivity (Wildman–Crippen MR) is 58.5 cm³/mol. The maximum Gasteiger partial charge on any atom is 0.240 e. The van der Waals surface area contributed by atoms with Crippen LogP contribution < -0.4 is 5.73 Å². The molecule has 80 valence electrons. The fourth-order valence-electron chi connectivity index (χ4n) is 1.29. The van der Waals surface area contributed by atoms with E-state index in [0.29, 0.717) is 13.0 Å². The maximum absolute atomic E-state index is 11.6. The summed E-state index contributed by atoms with van der Waals surface area (Å²) in [7, 11) is 1.75. The van der Waals surface area contributed by atoms with Gasteiger partial charge in [-0.25, -0.2) is 0 Å². The Morgan fingerprint density at radius 2 is 2.07 bits per heavy atom. The summed E-state index contributed by atoms with van der Waals surface area (Å²) in [6, 6.07) is -0.563. The quantitative estimate of drug-likeness (QED) is 0.680. The molecule has 14 heavy (non-hydrogen) atoms. The van der Waals surface area contributed by atoms with Gasteiger partial charge >= 0.3 is 0 Å². The Morgan fingerprint density at radius 1 is 1.57 bits per heavy atom. The van der Waals surface area contributed by atoms with Crippen LogP contribution in [0.3, 0.4) is 0 Å². The van der Waals surface area contributed by atoms with E-state index in [1.54, 1.807) is 11.9 Å². The third-order valence-corrected chi connectivity index (χ3v) is 1.74. The van der Waals surface area contributed by atoms with Crippen LogP contribution in [0, 0.1) is 17.8 Å². The van der Waals surface area contributed by atoms with Gasteiger partial charge in [0.05, 0.1) is 6.04 Å². The zero-order valence-corrected chi connectivity index (χ0v) is 9.50. The molecule has 0 aliphatic rings. The molecule has 0 aromatic carbocycles. The summed E-state index contributed by atoms with van der Waals surface area (Å²) < 4.78 is 0. The molecule has 0 bridgehead atoms. The molecule has 0 radical (unpaired) electrons. The van der Waals surface area contributed by atoms with Gasteiger partial charge in [-0.15, -0.1) is 12.3 Å². The third-order valence-electron chi connectivity index (χ3n) is 1.74. The first-order chi connectivity index (χ1) is 6.28. The molecule has 0 saturated carbocycles. The SMILES string of the molecule is C#CCC(N)C(=O)N(C)CC(C)(C)C. The minimum absolute atomic E-state index is 0.0836. The van der Waals surface area contributed by atoms with Crippen LogP contribution in [0.5, 0.6) is 0 Å². The smallest absolute Gasteiger partial charge is 0.240 e. The highest BCUT2D eigenvalue weighted by Gasteiger charge is 2.21. The van der Waals surface area contributed by atoms with Gasteiger partial charge in [0.1, 0.15) is 0 Å². The van der Waals surface area contributed by atoms with E-state index < -0.39 is 6.04 Å². The molecule has 0 fully saturated rings. The number of carbonyl (C=O) groups is 1. The summed E-state index contributed by atoms with van der Waals surface area (Å²) in [4.78, 5) is 13.3. The van der Waals surface area contributed by atoms with E-state index in [4.69, 9.17) is 12.2 Å². The van der Waals surface area contributed by atoms with E-state index in [0.717, 1.165) is 0 Å². The fourth-order valence-corrected chi connectivity index (χ4v) is 1.29. The van der Waals surface area contributed by atoms with Gasteiger partial charge in [-0.1, -0.05) is 20.8 Å². The van der Waals surface area contributed by atoms with Crippen LogP contribution in [0.2, 0.25) is 0 Å². The number of hydrogen-bond donors (Lipinski definition) is 1. The molecule has 0 aliphatic carbocycles. The summed E-state index contributed by atoms with van der Waals surface area (Å²) in [6.45, 7) is 6.90. The zero-order chi connectivity index (χ0) is 11.4. The minimum atomic E-state index is -0.563. The second-order valence-corrected chi connectivity index (χ2v) is 4.77. The summed E-state index contributed by atoms with van der Waals surface area (Å²) >= 11 is 0. The summed E-state index contributed by atoms with van der Waals surface area (Å²) in [5.41, 5.74) is 5.70. The number of nitrogens with two attached hydrogens (primary N) is 1. The fraction of sp³-hybridized carbons (Fsp3) is 0.727. The van der Waals surface area contributed by atoms with E-state index in [1.165, 1.54) is 0 Å². The van der Waals surface area contributed by atoms with Crippen molar-refractivity contribution < 1.29 is 4.79 Å². The van der Waals surface area contributed by atoms with Crippen LogP contribution >= 0.6 is 0 Å². The third kappa shape index (κ3) is 4.88. The Balaban J connectivity index is 4.20. The summed E-state index contributed by atoms with van der Waals surface area (Å²) in [6.07, 6.45) is 5.39. The van der Waals surface area contributed by atoms with Crippen molar-refractivity contribution in [2.24, 2.45) is 11.1 Å². The Morgan fingerprint density at radius 3 is 2.43 bits per heavy atom. The van der Waals surface area contributed by atoms with Crippen LogP contribution in [0.4, 0.5) is 0 Å². The lowest BCUT2D eigenvalue weighted by atomic mass is 9.96. The van der Waals surface area contributed by atoms with E-state index in [1.807, 2.05) is 0 Å². The Bertz CT molecular complexity index is 235. The predicted octanol–water partition coefficient (Wildman–Crippen LogP) is 0.841. The summed E-state index contributed by atoms with van der Waals surface area (Å²) in [5, 5.41) is 0. The molecule has 3 heteroatoms. The van der Waals surface area contributed by atoms with Crippen molar-refractivity contribution >= 4 is 5.91 Å². The van der Waals surface area contributed by atoms with Crippen molar-refractivity contribution in [3.05, 3.63) is 0 Å². The molecule has 0 saturated heterocycles. The molecule has 1 amide bonds. The Hall–Kier alpha value is -1.01. The van der Waals surface area contributed by atoms with Crippen molar-refractivity contribution in [2.45, 2.75) is 33.2 Å². The highest BCUT2D eigenvalue weighted by Crippen LogP contribution is 2.14. The molecule has 0 rings (SSSR count). The number of carbonyl (C=O) groups excluding carboxylic acids is 1. The molecule has 1 atom stereocenters. The van der Waals surface area contributed by atoms with E-state index >= 15 is 0 Å². The number of terminal acetylenes is 1. The molecular weight excluding hydrogens is 176 g/mol. The lowest BCUT2D eigenvalue weighted by molar-refractivity contribution is -0.132. The molecule has 0 aromatic rings. The van der Waals surface area contributed by atoms with Crippen molar-refractivity contribution in [3.8, 4) is 12.3 Å². The van der Waals surface area contributed by atoms with Crippen LogP contribution in [0.15, 0.2) is 0 Å². The topological polar surface area (TPSA) is 46.3 Å². The molecule has 3 nitrogen and oxygen atoms in total. The van der Waals surface area contributed by atoms with Gasteiger partial charge in [0, 0.05) is 20.0 Å². The maximum atomic E-state index is 11.6. The minimum Gasteiger partial charge on any atom is -0.344 e. The molecule has 0 aromatic heterocycles. The highest BCUT2D eigenvalue weighted by atomic mass is 16.2. The van der Waals surface area contributed by atoms with Gasteiger partial charge in [-0.05, 0) is 5.41 Å². The Kier molecular flexibility index (Phi) is 4.65. The van der Waals surface area contributed by atoms with E-state index in [-0.39, 0.29) is 11.3 Å². The average molecular weight is 196 g/mol. The number of hydrogen-bond acceptors (Lipinski definition) is 2. The first-order valence-electron chi connectivity index (χ1n) is 4.72. The monoisotopic (exact) mass is 196 g/mol. The Labute approximate surface area is 86.6 Å². The van der Waals surface area contributed by atoms with Crippen molar-refractivity contribution in [1.29, 1.82) is 0 Å². The number of rotatable bonds is 3. The standard InChI is InChI=1S/C11H20N2O/c1-6-7-9(12)10(14)13(5)8-11(2,3)4/h1,9H,7-8,12H2,2-5H3. The molecule has 1 unspecified atom stereocenters. The molecule has 0 aliphatic heterocycles. The average Bonchev–Trinajstić information content (AvgIpc) is 2.00. The van der Waals surface area contributed by atoms with E-state index in [2.05, 4.69) is 26.7 Å². The first kappa shape index (κ1) is 13.0. The second-order valence-electron chi connectivity index (χ2n) is 4.77. The van der Waals surface area contributed by atoms with E-state index in [9.17, 15) is 4.79 Å².